The number of nitrogens with one attached hydrogen (secondary N) is 3. The molecule has 1 aromatic carbocycles. The van der Waals surface area contributed by atoms with Crippen LogP contribution in [0.25, 0.3) is 0 Å². The quantitative estimate of drug-likeness (QED) is 0.201. The molecule has 5 amide bonds. The number of benzene rings is 1. The number of amides is 5. The van der Waals surface area contributed by atoms with Crippen molar-refractivity contribution in [1.82, 2.24) is 19.8 Å². The summed E-state index contributed by atoms with van der Waals surface area (Å²) in [4.78, 5) is 62.9. The first-order chi connectivity index (χ1) is 19.5. The van der Waals surface area contributed by atoms with Crippen molar-refractivity contribution >= 4 is 47.4 Å². The lowest BCUT2D eigenvalue weighted by molar-refractivity contribution is -0.136. The van der Waals surface area contributed by atoms with Crippen molar-refractivity contribution in [2.45, 2.75) is 89.8 Å². The Labute approximate surface area is 245 Å². The molecule has 0 radical (unpaired) electrons. The van der Waals surface area contributed by atoms with E-state index in [9.17, 15) is 24.0 Å². The summed E-state index contributed by atoms with van der Waals surface area (Å²) in [6, 6.07) is 4.30. The van der Waals surface area contributed by atoms with Crippen molar-refractivity contribution in [2.24, 2.45) is 0 Å². The molecule has 1 unspecified atom stereocenters. The van der Waals surface area contributed by atoms with Gasteiger partial charge in [-0.25, -0.2) is 4.79 Å². The largest absolute Gasteiger partial charge is 0.444 e. The number of carbonyl (C=O) groups is 5. The molecule has 11 nitrogen and oxygen atoms in total. The van der Waals surface area contributed by atoms with Crippen molar-refractivity contribution in [3.63, 3.8) is 0 Å². The van der Waals surface area contributed by atoms with Crippen molar-refractivity contribution in [2.75, 3.05) is 30.7 Å². The summed E-state index contributed by atoms with van der Waals surface area (Å²) in [6.07, 6.45) is 5.90. The first-order valence-electron chi connectivity index (χ1n) is 14.5. The molecule has 0 bridgehead atoms. The zero-order valence-corrected chi connectivity index (χ0v) is 24.9. The van der Waals surface area contributed by atoms with Gasteiger partial charge in [0.05, 0.1) is 11.1 Å². The summed E-state index contributed by atoms with van der Waals surface area (Å²) in [5.41, 5.74) is 0.685. The Kier molecular flexibility index (Phi) is 10.3. The fraction of sp³-hybridized carbons (Fsp3) is 0.621. The highest BCUT2D eigenvalue weighted by molar-refractivity contribution is 7.97. The average molecular weight is 588 g/mol. The molecule has 224 valence electrons. The van der Waals surface area contributed by atoms with Gasteiger partial charge in [0.25, 0.3) is 11.8 Å². The molecule has 3 aliphatic rings. The van der Waals surface area contributed by atoms with Gasteiger partial charge in [-0.2, -0.15) is 0 Å². The van der Waals surface area contributed by atoms with Crippen LogP contribution in [0.15, 0.2) is 18.2 Å². The summed E-state index contributed by atoms with van der Waals surface area (Å²) in [7, 11) is 0. The third-order valence-corrected chi connectivity index (χ3v) is 8.50. The molecule has 12 heteroatoms. The Balaban J connectivity index is 1.11. The molecule has 1 atom stereocenters. The number of fused-ring (bicyclic) bond motifs is 1. The lowest BCUT2D eigenvalue weighted by Crippen LogP contribution is -2.54. The first-order valence-corrected chi connectivity index (χ1v) is 15.4. The molecule has 4 rings (SSSR count). The molecule has 2 fully saturated rings. The maximum absolute atomic E-state index is 13.2. The number of carbonyl (C=O) groups excluding carboxylic acids is 5. The van der Waals surface area contributed by atoms with Crippen molar-refractivity contribution < 1.29 is 28.7 Å². The van der Waals surface area contributed by atoms with Crippen LogP contribution in [0, 0.1) is 0 Å². The minimum Gasteiger partial charge on any atom is -0.444 e. The molecule has 0 spiro atoms. The SMILES string of the molecule is CC(C)(C)OC(=O)NC1CCN(SCCCCCCNc2cccc3c2C(=O)N(C2CCC(=O)NC2=O)C3=O)CC1. The number of unbranched alkanes of at least 4 members (excludes halogenated alkanes) is 3. The van der Waals surface area contributed by atoms with Crippen LogP contribution in [0.3, 0.4) is 0 Å². The number of nitrogens with zero attached hydrogens (tertiary/aromatic N) is 2. The third-order valence-electron chi connectivity index (χ3n) is 7.30. The van der Waals surface area contributed by atoms with E-state index in [-0.39, 0.29) is 30.5 Å². The van der Waals surface area contributed by atoms with Gasteiger partial charge in [0.15, 0.2) is 0 Å². The molecular formula is C29H41N5O6S. The maximum Gasteiger partial charge on any atom is 0.407 e. The Bertz CT molecular complexity index is 1160. The normalized spacial score (nSPS) is 20.2. The van der Waals surface area contributed by atoms with Crippen molar-refractivity contribution in [3.8, 4) is 0 Å². The third kappa shape index (κ3) is 8.22. The number of ether oxygens (including phenoxy) is 1. The molecule has 0 aromatic heterocycles. The second-order valence-corrected chi connectivity index (χ2v) is 12.9. The Morgan fingerprint density at radius 3 is 2.46 bits per heavy atom. The van der Waals surface area contributed by atoms with Crippen LogP contribution in [0.1, 0.15) is 92.9 Å². The summed E-state index contributed by atoms with van der Waals surface area (Å²) in [5, 5.41) is 8.50. The van der Waals surface area contributed by atoms with Gasteiger partial charge in [-0.3, -0.25) is 33.7 Å². The second-order valence-electron chi connectivity index (χ2n) is 11.7. The van der Waals surface area contributed by atoms with Crippen molar-refractivity contribution in [1.29, 1.82) is 0 Å². The molecule has 0 aliphatic carbocycles. The minimum absolute atomic E-state index is 0.0965. The van der Waals surface area contributed by atoms with Gasteiger partial charge in [0.2, 0.25) is 11.8 Å². The Morgan fingerprint density at radius 2 is 1.76 bits per heavy atom. The first kappa shape index (κ1) is 30.8. The zero-order valence-electron chi connectivity index (χ0n) is 24.1. The number of alkyl carbamates (subject to hydrolysis) is 1. The molecular weight excluding hydrogens is 546 g/mol. The van der Waals surface area contributed by atoms with E-state index in [1.807, 2.05) is 32.7 Å². The van der Waals surface area contributed by atoms with Crippen LogP contribution in [0.4, 0.5) is 10.5 Å². The smallest absolute Gasteiger partial charge is 0.407 e. The van der Waals surface area contributed by atoms with Crippen LogP contribution < -0.4 is 16.0 Å². The zero-order chi connectivity index (χ0) is 29.6. The van der Waals surface area contributed by atoms with Gasteiger partial charge in [-0.05, 0) is 65.0 Å². The number of hydrogen-bond donors (Lipinski definition) is 3. The van der Waals surface area contributed by atoms with E-state index in [0.717, 1.165) is 62.3 Å². The fourth-order valence-corrected chi connectivity index (χ4v) is 6.32. The molecule has 3 heterocycles. The van der Waals surface area contributed by atoms with E-state index in [0.29, 0.717) is 17.8 Å². The monoisotopic (exact) mass is 587 g/mol. The molecule has 0 saturated carbocycles. The molecule has 3 aliphatic heterocycles. The predicted molar refractivity (Wildman–Crippen MR) is 156 cm³/mol. The predicted octanol–water partition coefficient (Wildman–Crippen LogP) is 3.70. The van der Waals surface area contributed by atoms with Gasteiger partial charge in [-0.1, -0.05) is 30.9 Å². The Morgan fingerprint density at radius 1 is 1.02 bits per heavy atom. The number of anilines is 1. The number of hydrogen-bond acceptors (Lipinski definition) is 9. The van der Waals surface area contributed by atoms with E-state index in [2.05, 4.69) is 20.3 Å². The molecule has 2 saturated heterocycles. The lowest BCUT2D eigenvalue weighted by Gasteiger charge is -2.32. The molecule has 1 aromatic rings. The van der Waals surface area contributed by atoms with Gasteiger partial charge >= 0.3 is 6.09 Å². The fourth-order valence-electron chi connectivity index (χ4n) is 5.26. The highest BCUT2D eigenvalue weighted by atomic mass is 32.2. The second kappa shape index (κ2) is 13.7. The number of imide groups is 2. The van der Waals surface area contributed by atoms with E-state index in [4.69, 9.17) is 4.74 Å². The summed E-state index contributed by atoms with van der Waals surface area (Å²) in [5.74, 6) is -0.939. The van der Waals surface area contributed by atoms with Gasteiger partial charge in [-0.15, -0.1) is 0 Å². The summed E-state index contributed by atoms with van der Waals surface area (Å²) in [6.45, 7) is 8.15. The van der Waals surface area contributed by atoms with Crippen molar-refractivity contribution in [3.05, 3.63) is 29.3 Å². The number of piperidine rings is 2. The standard InChI is InChI=1S/C29H41N5O6S/c1-29(2,3)40-28(39)31-19-13-16-33(17-14-19)41-18-7-5-4-6-15-30-21-10-8-9-20-24(21)27(38)34(26(20)37)22-11-12-23(35)32-25(22)36/h8-10,19,22,30H,4-7,11-18H2,1-3H3,(H,31,39)(H,32,35,36). The summed E-state index contributed by atoms with van der Waals surface area (Å²) >= 11 is 1.87. The van der Waals surface area contributed by atoms with E-state index in [1.54, 1.807) is 18.2 Å². The average Bonchev–Trinajstić information content (AvgIpc) is 3.16. The lowest BCUT2D eigenvalue weighted by atomic mass is 10.0. The van der Waals surface area contributed by atoms with Crippen LogP contribution in [-0.2, 0) is 14.3 Å². The summed E-state index contributed by atoms with van der Waals surface area (Å²) < 4.78 is 7.72. The van der Waals surface area contributed by atoms with Gasteiger partial charge < -0.3 is 15.4 Å². The molecule has 41 heavy (non-hydrogen) atoms. The van der Waals surface area contributed by atoms with Crippen LogP contribution >= 0.6 is 11.9 Å². The Hall–Kier alpha value is -3.12. The van der Waals surface area contributed by atoms with Crippen LogP contribution in [-0.4, -0.2) is 82.0 Å². The van der Waals surface area contributed by atoms with Gasteiger partial charge in [0.1, 0.15) is 11.6 Å². The van der Waals surface area contributed by atoms with E-state index < -0.39 is 35.3 Å². The highest BCUT2D eigenvalue weighted by Crippen LogP contribution is 2.32. The van der Waals surface area contributed by atoms with Gasteiger partial charge in [0, 0.05) is 43.5 Å². The van der Waals surface area contributed by atoms with E-state index in [1.165, 1.54) is 0 Å². The van der Waals surface area contributed by atoms with Crippen LogP contribution in [0.2, 0.25) is 0 Å². The highest BCUT2D eigenvalue weighted by Gasteiger charge is 2.45. The maximum atomic E-state index is 13.2. The number of rotatable bonds is 11. The van der Waals surface area contributed by atoms with Crippen LogP contribution in [0.5, 0.6) is 0 Å². The van der Waals surface area contributed by atoms with E-state index >= 15 is 0 Å². The topological polar surface area (TPSA) is 137 Å². The minimum atomic E-state index is -0.967. The molecule has 3 N–H and O–H groups in total.